The largest absolute Gasteiger partial charge is 0.351 e. The van der Waals surface area contributed by atoms with Crippen LogP contribution in [0.2, 0.25) is 0 Å². The van der Waals surface area contributed by atoms with Crippen LogP contribution in [0.15, 0.2) is 60.8 Å². The Kier molecular flexibility index (Phi) is 5.57. The first kappa shape index (κ1) is 16.9. The number of rotatable bonds is 7. The topological polar surface area (TPSA) is 59.8 Å². The van der Waals surface area contributed by atoms with Gasteiger partial charge in [-0.1, -0.05) is 59.8 Å². The van der Waals surface area contributed by atoms with Crippen LogP contribution in [0.5, 0.6) is 0 Å². The summed E-state index contributed by atoms with van der Waals surface area (Å²) >= 11 is 0. The fourth-order valence-electron chi connectivity index (χ4n) is 2.67. The summed E-state index contributed by atoms with van der Waals surface area (Å²) in [5.41, 5.74) is 4.00. The molecule has 5 heteroatoms. The normalized spacial score (nSPS) is 10.6. The molecule has 3 rings (SSSR count). The summed E-state index contributed by atoms with van der Waals surface area (Å²) in [6.45, 7) is 3.30. The summed E-state index contributed by atoms with van der Waals surface area (Å²) in [4.78, 5) is 12.2. The Labute approximate surface area is 147 Å². The van der Waals surface area contributed by atoms with Gasteiger partial charge in [0.15, 0.2) is 5.69 Å². The van der Waals surface area contributed by atoms with Crippen LogP contribution < -0.4 is 5.32 Å². The second-order valence-electron chi connectivity index (χ2n) is 6.07. The summed E-state index contributed by atoms with van der Waals surface area (Å²) in [6.07, 6.45) is 3.53. The average molecular weight is 334 g/mol. The van der Waals surface area contributed by atoms with Crippen molar-refractivity contribution in [3.05, 3.63) is 83.2 Å². The third-order valence-electron chi connectivity index (χ3n) is 4.14. The van der Waals surface area contributed by atoms with E-state index in [4.69, 9.17) is 0 Å². The highest BCUT2D eigenvalue weighted by Gasteiger charge is 2.10. The Hall–Kier alpha value is -2.95. The van der Waals surface area contributed by atoms with Crippen LogP contribution in [0, 0.1) is 6.92 Å². The van der Waals surface area contributed by atoms with Gasteiger partial charge in [0.05, 0.1) is 12.7 Å². The lowest BCUT2D eigenvalue weighted by Gasteiger charge is -2.04. The molecule has 1 heterocycles. The van der Waals surface area contributed by atoms with Crippen LogP contribution >= 0.6 is 0 Å². The predicted octanol–water partition coefficient (Wildman–Crippen LogP) is 3.00. The van der Waals surface area contributed by atoms with Crippen LogP contribution in [0.1, 0.15) is 33.6 Å². The molecule has 0 atom stereocenters. The number of hydrogen-bond donors (Lipinski definition) is 1. The van der Waals surface area contributed by atoms with Crippen molar-refractivity contribution >= 4 is 5.91 Å². The van der Waals surface area contributed by atoms with Crippen molar-refractivity contribution in [1.29, 1.82) is 0 Å². The van der Waals surface area contributed by atoms with Gasteiger partial charge in [-0.15, -0.1) is 5.10 Å². The number of hydrogen-bond acceptors (Lipinski definition) is 3. The molecule has 0 spiro atoms. The van der Waals surface area contributed by atoms with Gasteiger partial charge in [0, 0.05) is 6.54 Å². The molecule has 25 heavy (non-hydrogen) atoms. The molecule has 0 saturated heterocycles. The monoisotopic (exact) mass is 334 g/mol. The van der Waals surface area contributed by atoms with E-state index >= 15 is 0 Å². The minimum atomic E-state index is -0.177. The molecular weight excluding hydrogens is 312 g/mol. The van der Waals surface area contributed by atoms with Gasteiger partial charge in [-0.3, -0.25) is 4.79 Å². The molecule has 5 nitrogen and oxygen atoms in total. The summed E-state index contributed by atoms with van der Waals surface area (Å²) in [7, 11) is 0. The molecule has 0 aliphatic heterocycles. The molecule has 1 amide bonds. The molecule has 1 aromatic heterocycles. The Bertz CT molecular complexity index is 826. The van der Waals surface area contributed by atoms with Crippen molar-refractivity contribution in [3.8, 4) is 0 Å². The van der Waals surface area contributed by atoms with Gasteiger partial charge in [-0.25, -0.2) is 4.68 Å². The third-order valence-corrected chi connectivity index (χ3v) is 4.14. The van der Waals surface area contributed by atoms with Gasteiger partial charge in [-0.05, 0) is 36.5 Å². The third kappa shape index (κ3) is 4.76. The Balaban J connectivity index is 1.48. The highest BCUT2D eigenvalue weighted by Crippen LogP contribution is 2.08. The second kappa shape index (κ2) is 8.24. The summed E-state index contributed by atoms with van der Waals surface area (Å²) < 4.78 is 1.70. The fraction of sp³-hybridized carbons (Fsp3) is 0.250. The quantitative estimate of drug-likeness (QED) is 0.676. The maximum absolute atomic E-state index is 12.2. The first-order valence-electron chi connectivity index (χ1n) is 8.49. The lowest BCUT2D eigenvalue weighted by molar-refractivity contribution is 0.0948. The van der Waals surface area contributed by atoms with Crippen molar-refractivity contribution in [2.75, 3.05) is 6.54 Å². The zero-order valence-corrected chi connectivity index (χ0v) is 14.4. The van der Waals surface area contributed by atoms with Crippen LogP contribution in [0.3, 0.4) is 0 Å². The minimum absolute atomic E-state index is 0.177. The molecule has 0 radical (unpaired) electrons. The molecule has 0 fully saturated rings. The molecule has 2 aromatic carbocycles. The average Bonchev–Trinajstić information content (AvgIpc) is 3.10. The van der Waals surface area contributed by atoms with E-state index in [1.54, 1.807) is 10.9 Å². The van der Waals surface area contributed by atoms with Crippen molar-refractivity contribution in [2.45, 2.75) is 26.3 Å². The van der Waals surface area contributed by atoms with E-state index in [9.17, 15) is 4.79 Å². The number of benzene rings is 2. The molecule has 0 bridgehead atoms. The molecule has 0 unspecified atom stereocenters. The smallest absolute Gasteiger partial charge is 0.273 e. The molecule has 0 saturated carbocycles. The first-order chi connectivity index (χ1) is 12.2. The summed E-state index contributed by atoms with van der Waals surface area (Å²) in [5, 5.41) is 10.9. The zero-order valence-electron chi connectivity index (χ0n) is 14.4. The van der Waals surface area contributed by atoms with Crippen molar-refractivity contribution in [2.24, 2.45) is 0 Å². The highest BCUT2D eigenvalue weighted by atomic mass is 16.2. The van der Waals surface area contributed by atoms with Crippen LogP contribution in [0.25, 0.3) is 0 Å². The fourth-order valence-corrected chi connectivity index (χ4v) is 2.67. The van der Waals surface area contributed by atoms with E-state index in [0.29, 0.717) is 18.8 Å². The molecule has 3 aromatic rings. The lowest BCUT2D eigenvalue weighted by atomic mass is 10.1. The van der Waals surface area contributed by atoms with E-state index < -0.39 is 0 Å². The van der Waals surface area contributed by atoms with Crippen LogP contribution in [-0.2, 0) is 13.0 Å². The summed E-state index contributed by atoms with van der Waals surface area (Å²) in [5.74, 6) is -0.177. The van der Waals surface area contributed by atoms with Gasteiger partial charge >= 0.3 is 0 Å². The van der Waals surface area contributed by atoms with E-state index in [1.165, 1.54) is 16.7 Å². The number of carbonyl (C=O) groups is 1. The summed E-state index contributed by atoms with van der Waals surface area (Å²) in [6, 6.07) is 18.4. The Morgan fingerprint density at radius 2 is 1.84 bits per heavy atom. The zero-order chi connectivity index (χ0) is 17.5. The number of aromatic nitrogens is 3. The van der Waals surface area contributed by atoms with Gasteiger partial charge in [0.1, 0.15) is 0 Å². The number of nitrogens with one attached hydrogen (secondary N) is 1. The Morgan fingerprint density at radius 1 is 1.08 bits per heavy atom. The maximum atomic E-state index is 12.2. The van der Waals surface area contributed by atoms with Crippen LogP contribution in [0.4, 0.5) is 0 Å². The van der Waals surface area contributed by atoms with E-state index in [2.05, 4.69) is 46.8 Å². The lowest BCUT2D eigenvalue weighted by Crippen LogP contribution is -2.25. The highest BCUT2D eigenvalue weighted by molar-refractivity contribution is 5.91. The van der Waals surface area contributed by atoms with Crippen molar-refractivity contribution in [3.63, 3.8) is 0 Å². The van der Waals surface area contributed by atoms with E-state index in [1.807, 2.05) is 30.3 Å². The SMILES string of the molecule is Cc1ccccc1Cn1cc(C(=O)NCCCc2ccccc2)nn1. The molecule has 0 aliphatic carbocycles. The predicted molar refractivity (Wildman–Crippen MR) is 97.4 cm³/mol. The number of carbonyl (C=O) groups excluding carboxylic acids is 1. The maximum Gasteiger partial charge on any atom is 0.273 e. The first-order valence-corrected chi connectivity index (χ1v) is 8.49. The number of amides is 1. The molecule has 1 N–H and O–H groups in total. The molecule has 0 aliphatic rings. The Morgan fingerprint density at radius 3 is 2.64 bits per heavy atom. The van der Waals surface area contributed by atoms with Crippen molar-refractivity contribution < 1.29 is 4.79 Å². The van der Waals surface area contributed by atoms with E-state index in [-0.39, 0.29) is 5.91 Å². The molecule has 128 valence electrons. The second-order valence-corrected chi connectivity index (χ2v) is 6.07. The van der Waals surface area contributed by atoms with Crippen LogP contribution in [-0.4, -0.2) is 27.4 Å². The minimum Gasteiger partial charge on any atom is -0.351 e. The standard InChI is InChI=1S/C20H22N4O/c1-16-8-5-6-12-18(16)14-24-15-19(22-23-24)20(25)21-13-7-11-17-9-3-2-4-10-17/h2-6,8-10,12,15H,7,11,13-14H2,1H3,(H,21,25). The molecular formula is C20H22N4O. The van der Waals surface area contributed by atoms with Gasteiger partial charge in [0.2, 0.25) is 0 Å². The van der Waals surface area contributed by atoms with Crippen molar-refractivity contribution in [1.82, 2.24) is 20.3 Å². The van der Waals surface area contributed by atoms with Gasteiger partial charge in [-0.2, -0.15) is 0 Å². The number of nitrogens with zero attached hydrogens (tertiary/aromatic N) is 3. The van der Waals surface area contributed by atoms with E-state index in [0.717, 1.165) is 12.8 Å². The number of aryl methyl sites for hydroxylation is 2. The van der Waals surface area contributed by atoms with Gasteiger partial charge in [0.25, 0.3) is 5.91 Å². The van der Waals surface area contributed by atoms with Gasteiger partial charge < -0.3 is 5.32 Å².